The van der Waals surface area contributed by atoms with Crippen LogP contribution < -0.4 is 10.5 Å². The second-order valence-corrected chi connectivity index (χ2v) is 3.54. The Morgan fingerprint density at radius 3 is 2.50 bits per heavy atom. The van der Waals surface area contributed by atoms with Crippen molar-refractivity contribution in [2.24, 2.45) is 0 Å². The fourth-order valence-electron chi connectivity index (χ4n) is 1.38. The molecule has 0 spiro atoms. The van der Waals surface area contributed by atoms with E-state index < -0.39 is 11.6 Å². The topological polar surface area (TPSA) is 59.0 Å². The Balaban J connectivity index is 2.34. The third kappa shape index (κ3) is 2.38. The van der Waals surface area contributed by atoms with Crippen molar-refractivity contribution in [1.29, 1.82) is 5.26 Å². The number of hydrogen-bond acceptors (Lipinski definition) is 3. The summed E-state index contributed by atoms with van der Waals surface area (Å²) in [5.74, 6) is -1.40. The van der Waals surface area contributed by atoms with Crippen LogP contribution in [0.2, 0.25) is 0 Å². The van der Waals surface area contributed by atoms with Crippen molar-refractivity contribution < 1.29 is 13.5 Å². The van der Waals surface area contributed by atoms with Gasteiger partial charge < -0.3 is 10.5 Å². The number of nitrogen functional groups attached to an aromatic ring is 1. The Bertz CT molecular complexity index is 635. The van der Waals surface area contributed by atoms with Crippen molar-refractivity contribution in [2.45, 2.75) is 0 Å². The van der Waals surface area contributed by atoms with Gasteiger partial charge in [0, 0.05) is 6.07 Å². The molecule has 90 valence electrons. The van der Waals surface area contributed by atoms with Gasteiger partial charge in [-0.25, -0.2) is 8.78 Å². The van der Waals surface area contributed by atoms with E-state index in [1.165, 1.54) is 18.2 Å². The van der Waals surface area contributed by atoms with Gasteiger partial charge in [-0.05, 0) is 30.3 Å². The Hall–Kier alpha value is -2.61. The lowest BCUT2D eigenvalue weighted by atomic mass is 10.2. The number of benzene rings is 2. The zero-order valence-corrected chi connectivity index (χ0v) is 9.15. The van der Waals surface area contributed by atoms with E-state index in [2.05, 4.69) is 0 Å². The van der Waals surface area contributed by atoms with E-state index in [-0.39, 0.29) is 17.2 Å². The maximum atomic E-state index is 13.3. The smallest absolute Gasteiger partial charge is 0.166 e. The molecule has 0 atom stereocenters. The molecule has 0 amide bonds. The van der Waals surface area contributed by atoms with E-state index in [1.807, 2.05) is 6.07 Å². The Labute approximate surface area is 102 Å². The molecule has 0 radical (unpaired) electrons. The molecule has 0 aliphatic rings. The van der Waals surface area contributed by atoms with Gasteiger partial charge in [0.1, 0.15) is 5.82 Å². The first-order valence-corrected chi connectivity index (χ1v) is 5.02. The second kappa shape index (κ2) is 4.72. The quantitative estimate of drug-likeness (QED) is 0.827. The molecule has 2 N–H and O–H groups in total. The van der Waals surface area contributed by atoms with Gasteiger partial charge in [0.2, 0.25) is 0 Å². The predicted molar refractivity (Wildman–Crippen MR) is 62.0 cm³/mol. The van der Waals surface area contributed by atoms with E-state index in [0.29, 0.717) is 5.56 Å². The maximum absolute atomic E-state index is 13.3. The Morgan fingerprint density at radius 2 is 1.83 bits per heavy atom. The van der Waals surface area contributed by atoms with Crippen LogP contribution in [-0.4, -0.2) is 0 Å². The molecular weight excluding hydrogens is 238 g/mol. The van der Waals surface area contributed by atoms with Crippen molar-refractivity contribution in [3.8, 4) is 17.6 Å². The van der Waals surface area contributed by atoms with Gasteiger partial charge in [-0.1, -0.05) is 0 Å². The van der Waals surface area contributed by atoms with Crippen LogP contribution in [0, 0.1) is 23.0 Å². The fourth-order valence-corrected chi connectivity index (χ4v) is 1.38. The molecule has 0 saturated carbocycles. The molecule has 0 unspecified atom stereocenters. The third-order valence-corrected chi connectivity index (χ3v) is 2.25. The summed E-state index contributed by atoms with van der Waals surface area (Å²) in [5, 5.41) is 8.67. The van der Waals surface area contributed by atoms with Crippen molar-refractivity contribution in [1.82, 2.24) is 0 Å². The molecule has 0 aliphatic carbocycles. The van der Waals surface area contributed by atoms with Crippen LogP contribution in [0.25, 0.3) is 0 Å². The highest BCUT2D eigenvalue weighted by molar-refractivity contribution is 5.57. The summed E-state index contributed by atoms with van der Waals surface area (Å²) in [7, 11) is 0. The number of anilines is 1. The summed E-state index contributed by atoms with van der Waals surface area (Å²) in [6, 6.07) is 9.09. The van der Waals surface area contributed by atoms with Crippen LogP contribution in [0.1, 0.15) is 5.56 Å². The molecule has 2 aromatic carbocycles. The van der Waals surface area contributed by atoms with E-state index in [1.54, 1.807) is 0 Å². The number of halogens is 2. The standard InChI is InChI=1S/C13H8F2N2O/c14-9-2-3-10(15)13(6-9)18-12-4-1-8(7-16)5-11(12)17/h1-6H,17H2. The maximum Gasteiger partial charge on any atom is 0.166 e. The van der Waals surface area contributed by atoms with Gasteiger partial charge in [-0.15, -0.1) is 0 Å². The normalized spacial score (nSPS) is 9.83. The molecule has 2 aromatic rings. The fraction of sp³-hybridized carbons (Fsp3) is 0. The molecule has 0 fully saturated rings. The molecule has 2 rings (SSSR count). The molecule has 0 saturated heterocycles. The minimum atomic E-state index is -0.694. The second-order valence-electron chi connectivity index (χ2n) is 3.54. The van der Waals surface area contributed by atoms with Crippen LogP contribution in [-0.2, 0) is 0 Å². The molecule has 0 aliphatic heterocycles. The number of rotatable bonds is 2. The average molecular weight is 246 g/mol. The molecule has 5 heteroatoms. The first-order valence-electron chi connectivity index (χ1n) is 5.02. The van der Waals surface area contributed by atoms with Gasteiger partial charge in [-0.2, -0.15) is 5.26 Å². The summed E-state index contributed by atoms with van der Waals surface area (Å²) in [4.78, 5) is 0. The molecule has 0 aromatic heterocycles. The lowest BCUT2D eigenvalue weighted by molar-refractivity contribution is 0.438. The predicted octanol–water partition coefficient (Wildman–Crippen LogP) is 3.21. The summed E-state index contributed by atoms with van der Waals surface area (Å²) in [5.41, 5.74) is 6.18. The minimum absolute atomic E-state index is 0.165. The zero-order chi connectivity index (χ0) is 13.1. The lowest BCUT2D eigenvalue weighted by Gasteiger charge is -2.09. The largest absolute Gasteiger partial charge is 0.452 e. The monoisotopic (exact) mass is 246 g/mol. The van der Waals surface area contributed by atoms with Crippen molar-refractivity contribution in [2.75, 3.05) is 5.73 Å². The van der Waals surface area contributed by atoms with Crippen LogP contribution in [0.15, 0.2) is 36.4 Å². The molecule has 18 heavy (non-hydrogen) atoms. The minimum Gasteiger partial charge on any atom is -0.452 e. The summed E-state index contributed by atoms with van der Waals surface area (Å²) in [6.45, 7) is 0. The van der Waals surface area contributed by atoms with Crippen molar-refractivity contribution in [3.63, 3.8) is 0 Å². The van der Waals surface area contributed by atoms with Gasteiger partial charge >= 0.3 is 0 Å². The molecule has 0 bridgehead atoms. The lowest BCUT2D eigenvalue weighted by Crippen LogP contribution is -1.95. The van der Waals surface area contributed by atoms with Gasteiger partial charge in [0.25, 0.3) is 0 Å². The number of nitrogens with zero attached hydrogens (tertiary/aromatic N) is 1. The van der Waals surface area contributed by atoms with Crippen LogP contribution in [0.4, 0.5) is 14.5 Å². The van der Waals surface area contributed by atoms with Crippen LogP contribution in [0.3, 0.4) is 0 Å². The summed E-state index contributed by atoms with van der Waals surface area (Å²) < 4.78 is 31.5. The molecule has 0 heterocycles. The summed E-state index contributed by atoms with van der Waals surface area (Å²) in [6.07, 6.45) is 0. The van der Waals surface area contributed by atoms with Gasteiger partial charge in [0.15, 0.2) is 17.3 Å². The molecular formula is C13H8F2N2O. The highest BCUT2D eigenvalue weighted by Crippen LogP contribution is 2.30. The average Bonchev–Trinajstić information content (AvgIpc) is 2.36. The first-order chi connectivity index (χ1) is 8.60. The van der Waals surface area contributed by atoms with E-state index in [4.69, 9.17) is 15.7 Å². The zero-order valence-electron chi connectivity index (χ0n) is 9.15. The SMILES string of the molecule is N#Cc1ccc(Oc2cc(F)ccc2F)c(N)c1. The van der Waals surface area contributed by atoms with Gasteiger partial charge in [-0.3, -0.25) is 0 Å². The van der Waals surface area contributed by atoms with Crippen LogP contribution in [0.5, 0.6) is 11.5 Å². The number of ether oxygens (including phenoxy) is 1. The van der Waals surface area contributed by atoms with Crippen molar-refractivity contribution in [3.05, 3.63) is 53.6 Å². The van der Waals surface area contributed by atoms with Crippen molar-refractivity contribution >= 4 is 5.69 Å². The van der Waals surface area contributed by atoms with E-state index in [0.717, 1.165) is 18.2 Å². The summed E-state index contributed by atoms with van der Waals surface area (Å²) >= 11 is 0. The Morgan fingerprint density at radius 1 is 1.06 bits per heavy atom. The first kappa shape index (κ1) is 11.9. The number of nitriles is 1. The number of nitrogens with two attached hydrogens (primary N) is 1. The van der Waals surface area contributed by atoms with E-state index >= 15 is 0 Å². The number of hydrogen-bond donors (Lipinski definition) is 1. The van der Waals surface area contributed by atoms with E-state index in [9.17, 15) is 8.78 Å². The highest BCUT2D eigenvalue weighted by atomic mass is 19.1. The Kier molecular flexibility index (Phi) is 3.11. The third-order valence-electron chi connectivity index (χ3n) is 2.25. The molecule has 3 nitrogen and oxygen atoms in total. The van der Waals surface area contributed by atoms with Crippen LogP contribution >= 0.6 is 0 Å². The van der Waals surface area contributed by atoms with Gasteiger partial charge in [0.05, 0.1) is 17.3 Å². The highest BCUT2D eigenvalue weighted by Gasteiger charge is 2.09.